The molecule has 25 heavy (non-hydrogen) atoms. The molecule has 0 unspecified atom stereocenters. The Balaban J connectivity index is 1.55. The highest BCUT2D eigenvalue weighted by molar-refractivity contribution is 5.97. The maximum absolute atomic E-state index is 12.4. The Morgan fingerprint density at radius 1 is 1.24 bits per heavy atom. The van der Waals surface area contributed by atoms with Gasteiger partial charge in [-0.2, -0.15) is 5.10 Å². The van der Waals surface area contributed by atoms with Gasteiger partial charge in [-0.3, -0.25) is 9.89 Å². The Bertz CT molecular complexity index is 749. The number of aryl methyl sites for hydroxylation is 1. The number of nitrogens with one attached hydrogen (secondary N) is 3. The predicted molar refractivity (Wildman–Crippen MR) is 95.4 cm³/mol. The lowest BCUT2D eigenvalue weighted by atomic mass is 10.2. The van der Waals surface area contributed by atoms with Gasteiger partial charge < -0.3 is 15.5 Å². The summed E-state index contributed by atoms with van der Waals surface area (Å²) in [6.45, 7) is 4.00. The molecule has 1 aromatic carbocycles. The summed E-state index contributed by atoms with van der Waals surface area (Å²) in [7, 11) is 0. The number of urea groups is 1. The molecule has 1 saturated heterocycles. The minimum Gasteiger partial charge on any atom is -0.339 e. The summed E-state index contributed by atoms with van der Waals surface area (Å²) in [5.74, 6) is 0.0195. The number of rotatable bonds is 5. The normalized spacial score (nSPS) is 13.7. The lowest BCUT2D eigenvalue weighted by Crippen LogP contribution is -2.29. The van der Waals surface area contributed by atoms with E-state index < -0.39 is 0 Å². The van der Waals surface area contributed by atoms with E-state index in [0.29, 0.717) is 17.8 Å². The zero-order chi connectivity index (χ0) is 17.6. The molecular weight excluding hydrogens is 318 g/mol. The maximum Gasteiger partial charge on any atom is 0.319 e. The zero-order valence-electron chi connectivity index (χ0n) is 14.3. The molecule has 1 aromatic heterocycles. The number of aromatic nitrogens is 2. The topological polar surface area (TPSA) is 90.1 Å². The van der Waals surface area contributed by atoms with Crippen molar-refractivity contribution < 1.29 is 9.59 Å². The first kappa shape index (κ1) is 17.0. The largest absolute Gasteiger partial charge is 0.339 e. The van der Waals surface area contributed by atoms with E-state index in [2.05, 4.69) is 20.8 Å². The third-order valence-electron chi connectivity index (χ3n) is 4.25. The first-order valence-corrected chi connectivity index (χ1v) is 8.63. The van der Waals surface area contributed by atoms with Crippen molar-refractivity contribution in [2.24, 2.45) is 0 Å². The van der Waals surface area contributed by atoms with Crippen LogP contribution in [0, 0.1) is 0 Å². The molecule has 2 heterocycles. The molecule has 7 nitrogen and oxygen atoms in total. The zero-order valence-corrected chi connectivity index (χ0v) is 14.3. The number of hydrogen-bond donors (Lipinski definition) is 3. The fraction of sp³-hybridized carbons (Fsp3) is 0.389. The fourth-order valence-corrected chi connectivity index (χ4v) is 2.86. The van der Waals surface area contributed by atoms with Crippen LogP contribution < -0.4 is 10.6 Å². The van der Waals surface area contributed by atoms with Crippen LogP contribution in [0.5, 0.6) is 0 Å². The third-order valence-corrected chi connectivity index (χ3v) is 4.25. The van der Waals surface area contributed by atoms with E-state index in [1.54, 1.807) is 24.3 Å². The fourth-order valence-electron chi connectivity index (χ4n) is 2.86. The van der Waals surface area contributed by atoms with Crippen molar-refractivity contribution in [3.63, 3.8) is 0 Å². The molecule has 0 bridgehead atoms. The van der Waals surface area contributed by atoms with E-state index in [0.717, 1.165) is 43.7 Å². The monoisotopic (exact) mass is 341 g/mol. The molecule has 7 heteroatoms. The number of likely N-dealkylation sites (tertiary alicyclic amines) is 1. The van der Waals surface area contributed by atoms with Gasteiger partial charge in [0.1, 0.15) is 0 Å². The van der Waals surface area contributed by atoms with Gasteiger partial charge in [0.25, 0.3) is 5.91 Å². The van der Waals surface area contributed by atoms with Crippen LogP contribution in [0.2, 0.25) is 0 Å². The van der Waals surface area contributed by atoms with Crippen LogP contribution in [-0.4, -0.2) is 40.1 Å². The Labute approximate surface area is 146 Å². The van der Waals surface area contributed by atoms with Crippen molar-refractivity contribution in [3.8, 4) is 0 Å². The van der Waals surface area contributed by atoms with Gasteiger partial charge in [0, 0.05) is 24.3 Å². The van der Waals surface area contributed by atoms with Gasteiger partial charge in [0.2, 0.25) is 0 Å². The Kier molecular flexibility index (Phi) is 5.33. The molecule has 0 aliphatic carbocycles. The summed E-state index contributed by atoms with van der Waals surface area (Å²) in [6.07, 6.45) is 2.96. The van der Waals surface area contributed by atoms with Crippen molar-refractivity contribution >= 4 is 17.6 Å². The molecule has 0 atom stereocenters. The summed E-state index contributed by atoms with van der Waals surface area (Å²) in [4.78, 5) is 26.3. The highest BCUT2D eigenvalue weighted by Gasteiger charge is 2.19. The second-order valence-electron chi connectivity index (χ2n) is 6.13. The molecular formula is C18H23N5O2. The van der Waals surface area contributed by atoms with E-state index in [4.69, 9.17) is 0 Å². The third kappa shape index (κ3) is 4.37. The number of hydrogen-bond acceptors (Lipinski definition) is 3. The minimum atomic E-state index is -0.321. The number of nitrogens with zero attached hydrogens (tertiary/aromatic N) is 2. The molecule has 1 aliphatic rings. The molecule has 3 amide bonds. The van der Waals surface area contributed by atoms with Gasteiger partial charge in [-0.25, -0.2) is 4.79 Å². The van der Waals surface area contributed by atoms with Crippen molar-refractivity contribution in [1.29, 1.82) is 0 Å². The summed E-state index contributed by atoms with van der Waals surface area (Å²) in [5, 5.41) is 12.6. The van der Waals surface area contributed by atoms with Gasteiger partial charge in [-0.1, -0.05) is 13.0 Å². The van der Waals surface area contributed by atoms with Gasteiger partial charge in [0.15, 0.2) is 0 Å². The van der Waals surface area contributed by atoms with Gasteiger partial charge in [-0.15, -0.1) is 0 Å². The molecule has 0 saturated carbocycles. The van der Waals surface area contributed by atoms with Crippen LogP contribution in [0.1, 0.15) is 41.5 Å². The lowest BCUT2D eigenvalue weighted by Gasteiger charge is -2.15. The van der Waals surface area contributed by atoms with Crippen LogP contribution in [0.15, 0.2) is 30.3 Å². The molecule has 0 radical (unpaired) electrons. The number of amides is 3. The van der Waals surface area contributed by atoms with E-state index >= 15 is 0 Å². The standard InChI is InChI=1S/C18H23N5O2/c1-2-14-11-16(22-21-14)12-19-18(25)20-15-7-5-6-13(10-15)17(24)23-8-3-4-9-23/h5-7,10-11H,2-4,8-9,12H2,1H3,(H,21,22)(H2,19,20,25). The van der Waals surface area contributed by atoms with Gasteiger partial charge in [-0.05, 0) is 43.5 Å². The van der Waals surface area contributed by atoms with Gasteiger partial charge in [0.05, 0.1) is 17.9 Å². The molecule has 0 spiro atoms. The average Bonchev–Trinajstić information content (AvgIpc) is 3.31. The predicted octanol–water partition coefficient (Wildman–Crippen LogP) is 2.53. The Morgan fingerprint density at radius 2 is 2.04 bits per heavy atom. The second kappa shape index (κ2) is 7.83. The van der Waals surface area contributed by atoms with Crippen LogP contribution in [0.25, 0.3) is 0 Å². The maximum atomic E-state index is 12.4. The van der Waals surface area contributed by atoms with E-state index in [9.17, 15) is 9.59 Å². The van der Waals surface area contributed by atoms with Crippen molar-refractivity contribution in [2.45, 2.75) is 32.7 Å². The van der Waals surface area contributed by atoms with Crippen LogP contribution in [0.3, 0.4) is 0 Å². The number of H-pyrrole nitrogens is 1. The quantitative estimate of drug-likeness (QED) is 0.780. The molecule has 132 valence electrons. The Morgan fingerprint density at radius 3 is 2.76 bits per heavy atom. The van der Waals surface area contributed by atoms with Crippen molar-refractivity contribution in [3.05, 3.63) is 47.3 Å². The number of carbonyl (C=O) groups excluding carboxylic acids is 2. The Hall–Kier alpha value is -2.83. The minimum absolute atomic E-state index is 0.0195. The first-order chi connectivity index (χ1) is 12.2. The summed E-state index contributed by atoms with van der Waals surface area (Å²) >= 11 is 0. The number of anilines is 1. The van der Waals surface area contributed by atoms with Crippen LogP contribution >= 0.6 is 0 Å². The SMILES string of the molecule is CCc1cc(CNC(=O)Nc2cccc(C(=O)N3CCCC3)c2)[nH]n1. The lowest BCUT2D eigenvalue weighted by molar-refractivity contribution is 0.0793. The van der Waals surface area contributed by atoms with E-state index in [1.165, 1.54) is 0 Å². The number of benzene rings is 1. The summed E-state index contributed by atoms with van der Waals surface area (Å²) in [6, 6.07) is 8.65. The molecule has 3 N–H and O–H groups in total. The smallest absolute Gasteiger partial charge is 0.319 e. The highest BCUT2D eigenvalue weighted by atomic mass is 16.2. The molecule has 3 rings (SSSR count). The number of aromatic amines is 1. The molecule has 2 aromatic rings. The first-order valence-electron chi connectivity index (χ1n) is 8.63. The highest BCUT2D eigenvalue weighted by Crippen LogP contribution is 2.16. The molecule has 1 aliphatic heterocycles. The average molecular weight is 341 g/mol. The summed E-state index contributed by atoms with van der Waals surface area (Å²) in [5.41, 5.74) is 3.01. The van der Waals surface area contributed by atoms with Gasteiger partial charge >= 0.3 is 6.03 Å². The van der Waals surface area contributed by atoms with Crippen molar-refractivity contribution in [1.82, 2.24) is 20.4 Å². The van der Waals surface area contributed by atoms with Crippen LogP contribution in [-0.2, 0) is 13.0 Å². The van der Waals surface area contributed by atoms with E-state index in [1.807, 2.05) is 17.9 Å². The van der Waals surface area contributed by atoms with Crippen molar-refractivity contribution in [2.75, 3.05) is 18.4 Å². The van der Waals surface area contributed by atoms with E-state index in [-0.39, 0.29) is 11.9 Å². The second-order valence-corrected chi connectivity index (χ2v) is 6.13. The molecule has 1 fully saturated rings. The van der Waals surface area contributed by atoms with Crippen LogP contribution in [0.4, 0.5) is 10.5 Å². The summed E-state index contributed by atoms with van der Waals surface area (Å²) < 4.78 is 0. The number of carbonyl (C=O) groups is 2.